The molecule has 1 aromatic carbocycles. The molecule has 0 spiro atoms. The second kappa shape index (κ2) is 7.55. The predicted molar refractivity (Wildman–Crippen MR) is 80.0 cm³/mol. The van der Waals surface area contributed by atoms with Gasteiger partial charge in [-0.1, -0.05) is 37.6 Å². The third kappa shape index (κ3) is 4.43. The van der Waals surface area contributed by atoms with Crippen LogP contribution in [0.15, 0.2) is 24.3 Å². The van der Waals surface area contributed by atoms with Gasteiger partial charge in [0.15, 0.2) is 0 Å². The van der Waals surface area contributed by atoms with Gasteiger partial charge in [-0.15, -0.1) is 0 Å². The van der Waals surface area contributed by atoms with E-state index in [0.29, 0.717) is 12.1 Å². The summed E-state index contributed by atoms with van der Waals surface area (Å²) in [5.41, 5.74) is 2.82. The lowest BCUT2D eigenvalue weighted by molar-refractivity contribution is 0.246. The molecule has 0 aliphatic rings. The molecule has 0 aromatic heterocycles. The first kappa shape index (κ1) is 15.2. The number of hydrogen-bond acceptors (Lipinski definition) is 2. The summed E-state index contributed by atoms with van der Waals surface area (Å²) >= 11 is 0. The predicted octanol–water partition coefficient (Wildman–Crippen LogP) is 3.24. The van der Waals surface area contributed by atoms with Crippen molar-refractivity contribution in [2.45, 2.75) is 45.7 Å². The van der Waals surface area contributed by atoms with Crippen LogP contribution in [-0.2, 0) is 6.42 Å². The van der Waals surface area contributed by atoms with Crippen molar-refractivity contribution in [3.8, 4) is 0 Å². The van der Waals surface area contributed by atoms with Gasteiger partial charge in [0.2, 0.25) is 0 Å². The van der Waals surface area contributed by atoms with Crippen LogP contribution in [0.1, 0.15) is 44.4 Å². The molecule has 0 saturated carbocycles. The van der Waals surface area contributed by atoms with Gasteiger partial charge < -0.3 is 10.2 Å². The second-order valence-corrected chi connectivity index (χ2v) is 5.37. The summed E-state index contributed by atoms with van der Waals surface area (Å²) in [6.45, 7) is 7.73. The Bertz CT molecular complexity index is 329. The molecule has 0 amide bonds. The van der Waals surface area contributed by atoms with Gasteiger partial charge in [0.1, 0.15) is 0 Å². The molecule has 0 aliphatic carbocycles. The molecular formula is C16H28N2. The van der Waals surface area contributed by atoms with Crippen LogP contribution < -0.4 is 5.32 Å². The Morgan fingerprint density at radius 2 is 1.78 bits per heavy atom. The van der Waals surface area contributed by atoms with E-state index in [0.717, 1.165) is 6.54 Å². The van der Waals surface area contributed by atoms with E-state index in [9.17, 15) is 0 Å². The highest BCUT2D eigenvalue weighted by Crippen LogP contribution is 2.16. The van der Waals surface area contributed by atoms with Crippen molar-refractivity contribution in [2.24, 2.45) is 0 Å². The van der Waals surface area contributed by atoms with Gasteiger partial charge in [-0.25, -0.2) is 0 Å². The van der Waals surface area contributed by atoms with Crippen molar-refractivity contribution in [1.29, 1.82) is 0 Å². The Balaban J connectivity index is 2.69. The third-order valence-electron chi connectivity index (χ3n) is 3.62. The van der Waals surface area contributed by atoms with Crippen molar-refractivity contribution in [1.82, 2.24) is 10.2 Å². The van der Waals surface area contributed by atoms with Crippen molar-refractivity contribution >= 4 is 0 Å². The van der Waals surface area contributed by atoms with Crippen LogP contribution in [0.5, 0.6) is 0 Å². The summed E-state index contributed by atoms with van der Waals surface area (Å²) in [6, 6.07) is 10.0. The van der Waals surface area contributed by atoms with Crippen molar-refractivity contribution < 1.29 is 0 Å². The normalized spacial score (nSPS) is 13.3. The van der Waals surface area contributed by atoms with E-state index in [-0.39, 0.29) is 0 Å². The fourth-order valence-corrected chi connectivity index (χ4v) is 2.07. The topological polar surface area (TPSA) is 15.3 Å². The number of nitrogens with zero attached hydrogens (tertiary/aromatic N) is 1. The smallest absolute Gasteiger partial charge is 0.0446 e. The molecule has 0 saturated heterocycles. The van der Waals surface area contributed by atoms with E-state index in [1.165, 1.54) is 24.0 Å². The quantitative estimate of drug-likeness (QED) is 0.797. The first-order valence-electron chi connectivity index (χ1n) is 7.04. The van der Waals surface area contributed by atoms with Crippen LogP contribution in [0.25, 0.3) is 0 Å². The van der Waals surface area contributed by atoms with E-state index in [1.54, 1.807) is 0 Å². The minimum atomic E-state index is 0.410. The fourth-order valence-electron chi connectivity index (χ4n) is 2.07. The molecule has 1 unspecified atom stereocenters. The van der Waals surface area contributed by atoms with Crippen molar-refractivity contribution in [3.05, 3.63) is 35.4 Å². The molecule has 102 valence electrons. The number of likely N-dealkylation sites (N-methyl/N-ethyl adjacent to an activating group) is 2. The van der Waals surface area contributed by atoms with Gasteiger partial charge in [0.05, 0.1) is 0 Å². The molecule has 0 radical (unpaired) electrons. The van der Waals surface area contributed by atoms with Crippen LogP contribution in [0.2, 0.25) is 0 Å². The van der Waals surface area contributed by atoms with Gasteiger partial charge in [0, 0.05) is 18.6 Å². The summed E-state index contributed by atoms with van der Waals surface area (Å²) in [5.74, 6) is 0. The zero-order chi connectivity index (χ0) is 13.5. The summed E-state index contributed by atoms with van der Waals surface area (Å²) in [4.78, 5) is 2.38. The van der Waals surface area contributed by atoms with Gasteiger partial charge in [-0.2, -0.15) is 0 Å². The lowest BCUT2D eigenvalue weighted by atomic mass is 10.0. The Morgan fingerprint density at radius 3 is 2.22 bits per heavy atom. The van der Waals surface area contributed by atoms with E-state index in [2.05, 4.69) is 62.3 Å². The third-order valence-corrected chi connectivity index (χ3v) is 3.62. The average molecular weight is 248 g/mol. The number of hydrogen-bond donors (Lipinski definition) is 1. The number of benzene rings is 1. The van der Waals surface area contributed by atoms with Crippen LogP contribution >= 0.6 is 0 Å². The fraction of sp³-hybridized carbons (Fsp3) is 0.625. The van der Waals surface area contributed by atoms with Gasteiger partial charge in [-0.3, -0.25) is 0 Å². The Kier molecular flexibility index (Phi) is 6.37. The van der Waals surface area contributed by atoms with Gasteiger partial charge >= 0.3 is 0 Å². The molecule has 1 aromatic rings. The zero-order valence-corrected chi connectivity index (χ0v) is 12.5. The lowest BCUT2D eigenvalue weighted by Crippen LogP contribution is -2.35. The van der Waals surface area contributed by atoms with Gasteiger partial charge in [0.25, 0.3) is 0 Å². The molecule has 0 aliphatic heterocycles. The highest BCUT2D eigenvalue weighted by atomic mass is 15.1. The number of rotatable bonds is 7. The highest BCUT2D eigenvalue weighted by Gasteiger charge is 2.13. The lowest BCUT2D eigenvalue weighted by Gasteiger charge is -2.27. The summed E-state index contributed by atoms with van der Waals surface area (Å²) < 4.78 is 0. The Morgan fingerprint density at radius 1 is 1.17 bits per heavy atom. The molecule has 1 rings (SSSR count). The second-order valence-electron chi connectivity index (χ2n) is 5.37. The maximum absolute atomic E-state index is 3.41. The summed E-state index contributed by atoms with van der Waals surface area (Å²) in [7, 11) is 4.22. The summed E-state index contributed by atoms with van der Waals surface area (Å²) in [6.07, 6.45) is 2.39. The molecule has 0 bridgehead atoms. The summed E-state index contributed by atoms with van der Waals surface area (Å²) in [5, 5.41) is 3.41. The SMILES string of the molecule is CCCc1ccc(C(CN(C)C(C)C)NC)cc1. The minimum absolute atomic E-state index is 0.410. The van der Waals surface area contributed by atoms with Crippen molar-refractivity contribution in [3.63, 3.8) is 0 Å². The maximum atomic E-state index is 3.41. The van der Waals surface area contributed by atoms with E-state index < -0.39 is 0 Å². The highest BCUT2D eigenvalue weighted by molar-refractivity contribution is 5.25. The average Bonchev–Trinajstić information content (AvgIpc) is 2.37. The molecule has 0 heterocycles. The molecule has 0 fully saturated rings. The standard InChI is InChI=1S/C16H28N2/c1-6-7-14-8-10-15(11-9-14)16(17-4)12-18(5)13(2)3/h8-11,13,16-17H,6-7,12H2,1-5H3. The Labute approximate surface area is 112 Å². The number of aryl methyl sites for hydroxylation is 1. The molecule has 1 atom stereocenters. The van der Waals surface area contributed by atoms with E-state index >= 15 is 0 Å². The molecule has 2 heteroatoms. The maximum Gasteiger partial charge on any atom is 0.0446 e. The Hall–Kier alpha value is -0.860. The van der Waals surface area contributed by atoms with Crippen molar-refractivity contribution in [2.75, 3.05) is 20.6 Å². The molecular weight excluding hydrogens is 220 g/mol. The molecule has 1 N–H and O–H groups in total. The largest absolute Gasteiger partial charge is 0.312 e. The minimum Gasteiger partial charge on any atom is -0.312 e. The zero-order valence-electron chi connectivity index (χ0n) is 12.5. The van der Waals surface area contributed by atoms with E-state index in [1.807, 2.05) is 7.05 Å². The number of nitrogens with one attached hydrogen (secondary N) is 1. The first-order chi connectivity index (χ1) is 8.58. The first-order valence-corrected chi connectivity index (χ1v) is 7.04. The monoisotopic (exact) mass is 248 g/mol. The molecule has 2 nitrogen and oxygen atoms in total. The van der Waals surface area contributed by atoms with Crippen LogP contribution in [0.4, 0.5) is 0 Å². The van der Waals surface area contributed by atoms with Crippen LogP contribution in [0.3, 0.4) is 0 Å². The van der Waals surface area contributed by atoms with E-state index in [4.69, 9.17) is 0 Å². The van der Waals surface area contributed by atoms with Crippen LogP contribution in [-0.4, -0.2) is 31.6 Å². The van der Waals surface area contributed by atoms with Crippen LogP contribution in [0, 0.1) is 0 Å². The van der Waals surface area contributed by atoms with Gasteiger partial charge in [-0.05, 0) is 45.5 Å². The molecule has 18 heavy (non-hydrogen) atoms.